The Morgan fingerprint density at radius 3 is 2.79 bits per heavy atom. The third-order valence-electron chi connectivity index (χ3n) is 4.62. The molecule has 2 N–H and O–H groups in total. The summed E-state index contributed by atoms with van der Waals surface area (Å²) >= 11 is 0. The first-order valence-electron chi connectivity index (χ1n) is 9.10. The Bertz CT molecular complexity index is 1080. The summed E-state index contributed by atoms with van der Waals surface area (Å²) in [4.78, 5) is 39.7. The maximum atomic E-state index is 12.5. The summed E-state index contributed by atoms with van der Waals surface area (Å²) in [5.74, 6) is -0.763. The molecule has 0 bridgehead atoms. The van der Waals surface area contributed by atoms with E-state index in [9.17, 15) is 14.4 Å². The lowest BCUT2D eigenvalue weighted by Crippen LogP contribution is -2.28. The van der Waals surface area contributed by atoms with Crippen LogP contribution in [0.5, 0.6) is 0 Å². The second-order valence-corrected chi connectivity index (χ2v) is 6.37. The molecule has 0 spiro atoms. The molecule has 148 valence electrons. The number of aromatic amines is 1. The van der Waals surface area contributed by atoms with Gasteiger partial charge in [-0.15, -0.1) is 5.10 Å². The highest BCUT2D eigenvalue weighted by Gasteiger charge is 2.23. The summed E-state index contributed by atoms with van der Waals surface area (Å²) in [6.45, 7) is 4.36. The largest absolute Gasteiger partial charge is 0.465 e. The van der Waals surface area contributed by atoms with Crippen LogP contribution >= 0.6 is 0 Å². The molecule has 9 heteroatoms. The number of rotatable bonds is 7. The Labute approximate surface area is 161 Å². The Kier molecular flexibility index (Phi) is 5.62. The maximum Gasteiger partial charge on any atom is 0.350 e. The highest BCUT2D eigenvalue weighted by atomic mass is 16.5. The number of carbonyl (C=O) groups is 2. The van der Waals surface area contributed by atoms with Crippen LogP contribution in [0, 0.1) is 6.92 Å². The van der Waals surface area contributed by atoms with Crippen LogP contribution in [0.25, 0.3) is 5.65 Å². The van der Waals surface area contributed by atoms with Crippen LogP contribution in [0.15, 0.2) is 29.2 Å². The number of amides is 1. The zero-order valence-electron chi connectivity index (χ0n) is 16.1. The van der Waals surface area contributed by atoms with E-state index in [2.05, 4.69) is 15.4 Å². The number of H-pyrrole nitrogens is 1. The minimum atomic E-state index is -0.462. The quantitative estimate of drug-likeness (QED) is 0.470. The van der Waals surface area contributed by atoms with Crippen molar-refractivity contribution in [3.63, 3.8) is 0 Å². The van der Waals surface area contributed by atoms with Crippen molar-refractivity contribution in [1.82, 2.24) is 24.5 Å². The van der Waals surface area contributed by atoms with Gasteiger partial charge < -0.3 is 15.0 Å². The fraction of sp³-hybridized carbons (Fsp3) is 0.368. The van der Waals surface area contributed by atoms with E-state index < -0.39 is 5.97 Å². The number of hydrogen-bond acceptors (Lipinski definition) is 5. The molecule has 0 unspecified atom stereocenters. The lowest BCUT2D eigenvalue weighted by Gasteiger charge is -2.05. The van der Waals surface area contributed by atoms with Crippen LogP contribution < -0.4 is 11.0 Å². The normalized spacial score (nSPS) is 11.0. The molecule has 3 aromatic rings. The Morgan fingerprint density at radius 2 is 2.11 bits per heavy atom. The van der Waals surface area contributed by atoms with E-state index in [-0.39, 0.29) is 11.6 Å². The number of nitrogens with one attached hydrogen (secondary N) is 2. The number of carbonyl (C=O) groups excluding carboxylic acids is 2. The van der Waals surface area contributed by atoms with Crippen molar-refractivity contribution in [1.29, 1.82) is 0 Å². The number of aromatic nitrogens is 4. The van der Waals surface area contributed by atoms with E-state index in [0.29, 0.717) is 54.1 Å². The first-order chi connectivity index (χ1) is 13.5. The minimum absolute atomic E-state index is 0.211. The van der Waals surface area contributed by atoms with Gasteiger partial charge in [-0.3, -0.25) is 9.20 Å². The summed E-state index contributed by atoms with van der Waals surface area (Å²) in [6.07, 6.45) is 2.79. The number of aryl methyl sites for hydroxylation is 2. The number of esters is 1. The molecule has 0 atom stereocenters. The summed E-state index contributed by atoms with van der Waals surface area (Å²) in [5, 5.41) is 7.07. The summed E-state index contributed by atoms with van der Waals surface area (Å²) < 4.78 is 7.66. The predicted octanol–water partition coefficient (Wildman–Crippen LogP) is 1.30. The van der Waals surface area contributed by atoms with Crippen molar-refractivity contribution < 1.29 is 14.3 Å². The van der Waals surface area contributed by atoms with Crippen molar-refractivity contribution in [3.8, 4) is 0 Å². The van der Waals surface area contributed by atoms with Gasteiger partial charge >= 0.3 is 11.7 Å². The molecule has 0 aromatic carbocycles. The number of pyridine rings is 1. The van der Waals surface area contributed by atoms with Crippen LogP contribution in [-0.2, 0) is 17.7 Å². The number of nitrogens with zero attached hydrogens (tertiary/aromatic N) is 3. The zero-order valence-corrected chi connectivity index (χ0v) is 16.1. The molecule has 1 amide bonds. The lowest BCUT2D eigenvalue weighted by atomic mass is 10.1. The molecule has 9 nitrogen and oxygen atoms in total. The minimum Gasteiger partial charge on any atom is -0.465 e. The molecular formula is C19H23N5O4. The SMILES string of the molecule is CCc1[nH]c(C(=O)NCCCn2nc3ccccn3c2=O)c(C)c1C(=O)OC. The number of ether oxygens (including phenoxy) is 1. The van der Waals surface area contributed by atoms with Crippen molar-refractivity contribution >= 4 is 17.5 Å². The average Bonchev–Trinajstić information content (AvgIpc) is 3.21. The molecule has 0 saturated heterocycles. The van der Waals surface area contributed by atoms with Crippen LogP contribution in [0.4, 0.5) is 0 Å². The van der Waals surface area contributed by atoms with Gasteiger partial charge in [0, 0.05) is 25.0 Å². The van der Waals surface area contributed by atoms with Crippen molar-refractivity contribution in [2.45, 2.75) is 33.2 Å². The van der Waals surface area contributed by atoms with Crippen LogP contribution in [0.3, 0.4) is 0 Å². The Morgan fingerprint density at radius 1 is 1.32 bits per heavy atom. The third-order valence-corrected chi connectivity index (χ3v) is 4.62. The summed E-state index contributed by atoms with van der Waals surface area (Å²) in [5.41, 5.74) is 2.37. The molecule has 0 aliphatic carbocycles. The van der Waals surface area contributed by atoms with Gasteiger partial charge in [0.15, 0.2) is 5.65 Å². The van der Waals surface area contributed by atoms with E-state index in [1.54, 1.807) is 25.3 Å². The lowest BCUT2D eigenvalue weighted by molar-refractivity contribution is 0.0599. The monoisotopic (exact) mass is 385 g/mol. The average molecular weight is 385 g/mol. The molecule has 0 fully saturated rings. The summed E-state index contributed by atoms with van der Waals surface area (Å²) in [7, 11) is 1.31. The van der Waals surface area contributed by atoms with Gasteiger partial charge in [0.25, 0.3) is 5.91 Å². The molecule has 0 aliphatic heterocycles. The molecule has 28 heavy (non-hydrogen) atoms. The van der Waals surface area contributed by atoms with Gasteiger partial charge in [-0.2, -0.15) is 0 Å². The molecule has 0 aliphatic rings. The first kappa shape index (κ1) is 19.4. The smallest absolute Gasteiger partial charge is 0.350 e. The Balaban J connectivity index is 1.63. The van der Waals surface area contributed by atoms with E-state index in [1.807, 2.05) is 13.0 Å². The van der Waals surface area contributed by atoms with E-state index in [0.717, 1.165) is 0 Å². The van der Waals surface area contributed by atoms with E-state index in [1.165, 1.54) is 16.2 Å². The van der Waals surface area contributed by atoms with E-state index >= 15 is 0 Å². The molecule has 3 rings (SSSR count). The molecular weight excluding hydrogens is 362 g/mol. The predicted molar refractivity (Wildman–Crippen MR) is 103 cm³/mol. The number of fused-ring (bicyclic) bond motifs is 1. The number of methoxy groups -OCH3 is 1. The highest BCUT2D eigenvalue weighted by Crippen LogP contribution is 2.20. The second-order valence-electron chi connectivity index (χ2n) is 6.37. The van der Waals surface area contributed by atoms with Crippen molar-refractivity contribution in [2.75, 3.05) is 13.7 Å². The van der Waals surface area contributed by atoms with Gasteiger partial charge in [-0.05, 0) is 37.5 Å². The van der Waals surface area contributed by atoms with Gasteiger partial charge in [0.2, 0.25) is 0 Å². The van der Waals surface area contributed by atoms with Gasteiger partial charge in [-0.25, -0.2) is 14.3 Å². The van der Waals surface area contributed by atoms with Crippen molar-refractivity contribution in [3.05, 3.63) is 57.4 Å². The highest BCUT2D eigenvalue weighted by molar-refractivity contribution is 6.00. The van der Waals surface area contributed by atoms with Gasteiger partial charge in [-0.1, -0.05) is 13.0 Å². The van der Waals surface area contributed by atoms with Crippen LogP contribution in [0.1, 0.15) is 45.4 Å². The third kappa shape index (κ3) is 3.55. The fourth-order valence-electron chi connectivity index (χ4n) is 3.16. The van der Waals surface area contributed by atoms with Crippen LogP contribution in [-0.4, -0.2) is 44.7 Å². The standard InChI is InChI=1S/C19H23N5O4/c1-4-13-15(18(26)28-3)12(2)16(21-13)17(25)20-9-7-11-24-19(27)23-10-6-5-8-14(23)22-24/h5-6,8,10,21H,4,7,9,11H2,1-3H3,(H,20,25). The molecule has 3 aromatic heterocycles. The fourth-order valence-corrected chi connectivity index (χ4v) is 3.16. The molecule has 0 saturated carbocycles. The topological polar surface area (TPSA) is 110 Å². The zero-order chi connectivity index (χ0) is 20.3. The number of hydrogen-bond donors (Lipinski definition) is 2. The molecule has 3 heterocycles. The van der Waals surface area contributed by atoms with E-state index in [4.69, 9.17) is 4.74 Å². The Hall–Kier alpha value is -3.36. The van der Waals surface area contributed by atoms with Gasteiger partial charge in [0.05, 0.1) is 12.7 Å². The summed E-state index contributed by atoms with van der Waals surface area (Å²) in [6, 6.07) is 5.35. The van der Waals surface area contributed by atoms with Crippen molar-refractivity contribution in [2.24, 2.45) is 0 Å². The van der Waals surface area contributed by atoms with Gasteiger partial charge in [0.1, 0.15) is 5.69 Å². The molecule has 0 radical (unpaired) electrons. The van der Waals surface area contributed by atoms with Crippen LogP contribution in [0.2, 0.25) is 0 Å². The maximum absolute atomic E-state index is 12.5. The first-order valence-corrected chi connectivity index (χ1v) is 9.10. The second kappa shape index (κ2) is 8.12.